The minimum Gasteiger partial charge on any atom is -0.493 e. The molecule has 1 unspecified atom stereocenters. The van der Waals surface area contributed by atoms with Gasteiger partial charge in [-0.2, -0.15) is 0 Å². The molecule has 0 saturated carbocycles. The summed E-state index contributed by atoms with van der Waals surface area (Å²) in [7, 11) is -3.94. The minimum atomic E-state index is -3.94. The summed E-state index contributed by atoms with van der Waals surface area (Å²) in [5, 5.41) is 4.79. The third kappa shape index (κ3) is 6.30. The molecule has 11 heteroatoms. The van der Waals surface area contributed by atoms with Gasteiger partial charge in [0.2, 0.25) is 0 Å². The van der Waals surface area contributed by atoms with Crippen molar-refractivity contribution in [1.29, 1.82) is 0 Å². The first-order valence-corrected chi connectivity index (χ1v) is 15.0. The van der Waals surface area contributed by atoms with E-state index in [9.17, 15) is 13.2 Å². The Morgan fingerprint density at radius 1 is 1.08 bits per heavy atom. The molecule has 0 aliphatic rings. The van der Waals surface area contributed by atoms with Crippen LogP contribution in [0.25, 0.3) is 16.9 Å². The van der Waals surface area contributed by atoms with Gasteiger partial charge >= 0.3 is 0 Å². The Hall–Kier alpha value is -3.73. The van der Waals surface area contributed by atoms with Crippen molar-refractivity contribution in [2.75, 3.05) is 11.3 Å². The normalized spacial score (nSPS) is 12.5. The summed E-state index contributed by atoms with van der Waals surface area (Å²) in [6.45, 7) is 8.30. The average molecular weight is 553 g/mol. The number of fused-ring (bicyclic) bond motifs is 1. The number of hydrogen-bond acceptors (Lipinski definition) is 7. The van der Waals surface area contributed by atoms with Crippen LogP contribution in [0.5, 0.6) is 5.75 Å². The van der Waals surface area contributed by atoms with E-state index in [1.54, 1.807) is 22.7 Å². The molecule has 0 fully saturated rings. The molecule has 208 valence electrons. The molecule has 0 bridgehead atoms. The van der Waals surface area contributed by atoms with E-state index in [2.05, 4.69) is 28.5 Å². The molecule has 0 amide bonds. The van der Waals surface area contributed by atoms with E-state index >= 15 is 0 Å². The van der Waals surface area contributed by atoms with E-state index in [0.29, 0.717) is 34.8 Å². The van der Waals surface area contributed by atoms with Gasteiger partial charge in [0.05, 0.1) is 28.4 Å². The monoisotopic (exact) mass is 552 g/mol. The molecule has 1 aromatic carbocycles. The zero-order chi connectivity index (χ0) is 28.0. The molecule has 2 N–H and O–H groups in total. The van der Waals surface area contributed by atoms with E-state index in [0.717, 1.165) is 37.9 Å². The summed E-state index contributed by atoms with van der Waals surface area (Å²) in [6, 6.07) is 7.63. The Bertz CT molecular complexity index is 1580. The van der Waals surface area contributed by atoms with Gasteiger partial charge in [-0.25, -0.2) is 17.9 Å². The fraction of sp³-hybridized carbons (Fsp3) is 0.429. The summed E-state index contributed by atoms with van der Waals surface area (Å²) < 4.78 is 36.4. The number of aryl methyl sites for hydroxylation is 1. The third-order valence-electron chi connectivity index (χ3n) is 6.71. The standard InChI is InChI=1S/C28H36N6O4S/c1-5-8-9-10-11-20(6-2)27-30-19(4)25-28(35)31-26(32-34(25)27)23-18-22(12-13-24(23)38-7-3)39(36,37)33-21-14-16-29-17-15-21/h12-18,20H,5-11H2,1-4H3,(H,29,33)(H,31,32,35). The van der Waals surface area contributed by atoms with Gasteiger partial charge in [-0.05, 0) is 57.0 Å². The summed E-state index contributed by atoms with van der Waals surface area (Å²) in [5.41, 5.74) is 1.41. The molecule has 1 atom stereocenters. The van der Waals surface area contributed by atoms with Crippen LogP contribution in [0.2, 0.25) is 0 Å². The lowest BCUT2D eigenvalue weighted by Crippen LogP contribution is -2.17. The largest absolute Gasteiger partial charge is 0.493 e. The maximum Gasteiger partial charge on any atom is 0.277 e. The molecule has 4 aromatic rings. The Labute approximate surface area is 228 Å². The van der Waals surface area contributed by atoms with Crippen LogP contribution in [0.4, 0.5) is 5.69 Å². The van der Waals surface area contributed by atoms with Gasteiger partial charge in [-0.1, -0.05) is 39.5 Å². The number of imidazole rings is 1. The molecule has 3 aromatic heterocycles. The first kappa shape index (κ1) is 28.3. The number of aromatic nitrogens is 5. The smallest absolute Gasteiger partial charge is 0.277 e. The van der Waals surface area contributed by atoms with Gasteiger partial charge < -0.3 is 9.72 Å². The fourth-order valence-electron chi connectivity index (χ4n) is 4.69. The molecular weight excluding hydrogens is 516 g/mol. The lowest BCUT2D eigenvalue weighted by Gasteiger charge is -2.15. The highest BCUT2D eigenvalue weighted by atomic mass is 32.2. The lowest BCUT2D eigenvalue weighted by atomic mass is 9.97. The number of aromatic amines is 1. The molecule has 0 saturated heterocycles. The summed E-state index contributed by atoms with van der Waals surface area (Å²) in [6.07, 6.45) is 9.42. The fourth-order valence-corrected chi connectivity index (χ4v) is 5.77. The van der Waals surface area contributed by atoms with Gasteiger partial charge in [0.15, 0.2) is 11.3 Å². The summed E-state index contributed by atoms with van der Waals surface area (Å²) >= 11 is 0. The number of benzene rings is 1. The van der Waals surface area contributed by atoms with Gasteiger partial charge in [0.1, 0.15) is 11.6 Å². The second-order valence-electron chi connectivity index (χ2n) is 9.51. The van der Waals surface area contributed by atoms with Gasteiger partial charge in [-0.3, -0.25) is 14.5 Å². The quantitative estimate of drug-likeness (QED) is 0.211. The number of pyridine rings is 1. The zero-order valence-corrected chi connectivity index (χ0v) is 23.7. The number of H-pyrrole nitrogens is 1. The highest BCUT2D eigenvalue weighted by molar-refractivity contribution is 7.92. The number of nitrogens with one attached hydrogen (secondary N) is 2. The first-order chi connectivity index (χ1) is 18.8. The van der Waals surface area contributed by atoms with Crippen LogP contribution in [0.3, 0.4) is 0 Å². The Morgan fingerprint density at radius 3 is 2.54 bits per heavy atom. The van der Waals surface area contributed by atoms with Crippen molar-refractivity contribution in [1.82, 2.24) is 24.6 Å². The molecule has 0 radical (unpaired) electrons. The van der Waals surface area contributed by atoms with Crippen molar-refractivity contribution in [2.24, 2.45) is 0 Å². The number of sulfonamides is 1. The van der Waals surface area contributed by atoms with E-state index in [1.165, 1.54) is 30.9 Å². The van der Waals surface area contributed by atoms with Crippen molar-refractivity contribution in [3.05, 3.63) is 64.6 Å². The van der Waals surface area contributed by atoms with Crippen LogP contribution < -0.4 is 15.0 Å². The van der Waals surface area contributed by atoms with Crippen molar-refractivity contribution in [2.45, 2.75) is 77.0 Å². The van der Waals surface area contributed by atoms with E-state index in [4.69, 9.17) is 14.8 Å². The Morgan fingerprint density at radius 2 is 1.85 bits per heavy atom. The Balaban J connectivity index is 1.81. The second kappa shape index (κ2) is 12.4. The third-order valence-corrected chi connectivity index (χ3v) is 8.09. The summed E-state index contributed by atoms with van der Waals surface area (Å²) in [5.74, 6) is 1.51. The van der Waals surface area contributed by atoms with Gasteiger partial charge in [0.25, 0.3) is 15.6 Å². The molecule has 39 heavy (non-hydrogen) atoms. The molecular formula is C28H36N6O4S. The number of anilines is 1. The van der Waals surface area contributed by atoms with E-state index in [1.807, 2.05) is 13.8 Å². The molecule has 4 rings (SSSR count). The van der Waals surface area contributed by atoms with Crippen LogP contribution >= 0.6 is 0 Å². The van der Waals surface area contributed by atoms with Crippen molar-refractivity contribution >= 4 is 21.2 Å². The molecule has 0 aliphatic carbocycles. The molecule has 0 aliphatic heterocycles. The van der Waals surface area contributed by atoms with Gasteiger partial charge in [0, 0.05) is 18.3 Å². The topological polar surface area (TPSA) is 131 Å². The Kier molecular flexibility index (Phi) is 9.01. The predicted octanol–water partition coefficient (Wildman–Crippen LogP) is 5.45. The molecule has 10 nitrogen and oxygen atoms in total. The summed E-state index contributed by atoms with van der Waals surface area (Å²) in [4.78, 5) is 24.8. The SMILES string of the molecule is CCCCCCC(CC)c1nc(C)c2c(=O)[nH]c(-c3cc(S(=O)(=O)Nc4ccncc4)ccc3OCC)nn12. The number of ether oxygens (including phenoxy) is 1. The first-order valence-electron chi connectivity index (χ1n) is 13.5. The van der Waals surface area contributed by atoms with Crippen molar-refractivity contribution in [3.63, 3.8) is 0 Å². The number of rotatable bonds is 13. The van der Waals surface area contributed by atoms with E-state index < -0.39 is 10.0 Å². The maximum atomic E-state index is 13.3. The van der Waals surface area contributed by atoms with Crippen LogP contribution in [-0.2, 0) is 10.0 Å². The van der Waals surface area contributed by atoms with Gasteiger partial charge in [-0.15, -0.1) is 5.10 Å². The van der Waals surface area contributed by atoms with Crippen LogP contribution in [0.15, 0.2) is 52.4 Å². The van der Waals surface area contributed by atoms with Crippen molar-refractivity contribution < 1.29 is 13.2 Å². The predicted molar refractivity (Wildman–Crippen MR) is 152 cm³/mol. The maximum absolute atomic E-state index is 13.3. The number of unbranched alkanes of at least 4 members (excludes halogenated alkanes) is 3. The zero-order valence-electron chi connectivity index (χ0n) is 22.9. The lowest BCUT2D eigenvalue weighted by molar-refractivity contribution is 0.341. The van der Waals surface area contributed by atoms with Crippen LogP contribution in [0, 0.1) is 6.92 Å². The van der Waals surface area contributed by atoms with Crippen LogP contribution in [-0.4, -0.2) is 39.6 Å². The van der Waals surface area contributed by atoms with Crippen LogP contribution in [0.1, 0.15) is 76.7 Å². The number of nitrogens with zero attached hydrogens (tertiary/aromatic N) is 4. The second-order valence-corrected chi connectivity index (χ2v) is 11.2. The number of hydrogen-bond donors (Lipinski definition) is 2. The highest BCUT2D eigenvalue weighted by Crippen LogP contribution is 2.32. The molecule has 0 spiro atoms. The highest BCUT2D eigenvalue weighted by Gasteiger charge is 2.23. The van der Waals surface area contributed by atoms with E-state index in [-0.39, 0.29) is 22.2 Å². The van der Waals surface area contributed by atoms with Crippen molar-refractivity contribution in [3.8, 4) is 17.1 Å². The molecule has 3 heterocycles. The minimum absolute atomic E-state index is 0.00454. The average Bonchev–Trinajstić information content (AvgIpc) is 3.25.